The van der Waals surface area contributed by atoms with Gasteiger partial charge in [-0.2, -0.15) is 18.3 Å². The van der Waals surface area contributed by atoms with E-state index in [1.807, 2.05) is 0 Å². The molecular weight excluding hydrogens is 545 g/mol. The molecule has 2 aliphatic rings. The van der Waals surface area contributed by atoms with E-state index in [1.54, 1.807) is 6.92 Å². The lowest BCUT2D eigenvalue weighted by molar-refractivity contribution is -0.286. The molecule has 1 aliphatic carbocycles. The first kappa shape index (κ1) is 27.2. The van der Waals surface area contributed by atoms with Crippen molar-refractivity contribution in [3.05, 3.63) is 59.8 Å². The average molecular weight is 567 g/mol. The van der Waals surface area contributed by atoms with Crippen LogP contribution in [0.25, 0.3) is 5.69 Å². The Morgan fingerprint density at radius 2 is 1.80 bits per heavy atom. The monoisotopic (exact) mass is 567 g/mol. The first-order chi connectivity index (χ1) is 18.8. The molecule has 1 fully saturated rings. The number of carbonyl (C=O) groups is 2. The third kappa shape index (κ3) is 5.25. The highest BCUT2D eigenvalue weighted by atomic mass is 19.4. The normalized spacial score (nSPS) is 16.4. The number of amides is 1. The lowest BCUT2D eigenvalue weighted by Crippen LogP contribution is -2.27. The van der Waals surface area contributed by atoms with Gasteiger partial charge in [0.05, 0.1) is 12.3 Å². The summed E-state index contributed by atoms with van der Waals surface area (Å²) in [5.74, 6) is -1.82. The first-order valence-corrected chi connectivity index (χ1v) is 12.1. The van der Waals surface area contributed by atoms with E-state index in [4.69, 9.17) is 9.47 Å². The molecule has 2 heterocycles. The van der Waals surface area contributed by atoms with Crippen LogP contribution in [0.2, 0.25) is 0 Å². The number of aromatic nitrogens is 2. The Morgan fingerprint density at radius 1 is 1.07 bits per heavy atom. The lowest BCUT2D eigenvalue weighted by atomic mass is 10.1. The van der Waals surface area contributed by atoms with Crippen LogP contribution in [-0.2, 0) is 15.7 Å². The second kappa shape index (κ2) is 9.68. The number of hydrogen-bond donors (Lipinski definition) is 0. The van der Waals surface area contributed by atoms with Crippen molar-refractivity contribution in [1.29, 1.82) is 0 Å². The van der Waals surface area contributed by atoms with Crippen LogP contribution in [0.1, 0.15) is 35.8 Å². The summed E-state index contributed by atoms with van der Waals surface area (Å²) >= 11 is 0. The summed E-state index contributed by atoms with van der Waals surface area (Å²) in [5.41, 5.74) is -1.82. The molecule has 0 N–H and O–H groups in total. The number of carbonyl (C=O) groups excluding carboxylic acids is 2. The summed E-state index contributed by atoms with van der Waals surface area (Å²) in [4.78, 5) is 26.6. The summed E-state index contributed by atoms with van der Waals surface area (Å²) in [6, 6.07) is 10.1. The van der Waals surface area contributed by atoms with Crippen molar-refractivity contribution in [2.24, 2.45) is 5.41 Å². The van der Waals surface area contributed by atoms with Crippen molar-refractivity contribution in [3.63, 3.8) is 0 Å². The Labute approximate surface area is 224 Å². The van der Waals surface area contributed by atoms with Crippen molar-refractivity contribution in [1.82, 2.24) is 9.78 Å². The number of ether oxygens (including phenoxy) is 4. The van der Waals surface area contributed by atoms with E-state index in [9.17, 15) is 31.5 Å². The third-order valence-electron chi connectivity index (χ3n) is 6.44. The molecule has 0 saturated heterocycles. The number of rotatable bonds is 8. The molecule has 3 aromatic rings. The van der Waals surface area contributed by atoms with E-state index in [2.05, 4.69) is 14.6 Å². The van der Waals surface area contributed by atoms with Crippen molar-refractivity contribution >= 4 is 17.6 Å². The molecule has 9 nitrogen and oxygen atoms in total. The van der Waals surface area contributed by atoms with Gasteiger partial charge in [-0.15, -0.1) is 8.78 Å². The van der Waals surface area contributed by atoms with E-state index in [0.29, 0.717) is 18.9 Å². The molecule has 0 radical (unpaired) electrons. The second-order valence-corrected chi connectivity index (χ2v) is 9.28. The van der Waals surface area contributed by atoms with Crippen LogP contribution in [-0.4, -0.2) is 48.2 Å². The summed E-state index contributed by atoms with van der Waals surface area (Å²) in [5, 5.41) is 3.63. The Balaban J connectivity index is 1.41. The fourth-order valence-electron chi connectivity index (χ4n) is 4.07. The quantitative estimate of drug-likeness (QED) is 0.273. The molecular formula is C26H22F5N3O6. The zero-order valence-corrected chi connectivity index (χ0v) is 21.1. The largest absolute Gasteiger partial charge is 0.586 e. The average Bonchev–Trinajstić information content (AvgIpc) is 3.45. The van der Waals surface area contributed by atoms with Crippen LogP contribution in [0.3, 0.4) is 0 Å². The number of alkyl halides is 5. The predicted octanol–water partition coefficient (Wildman–Crippen LogP) is 5.21. The fourth-order valence-corrected chi connectivity index (χ4v) is 4.07. The van der Waals surface area contributed by atoms with Crippen molar-refractivity contribution in [3.8, 4) is 23.1 Å². The van der Waals surface area contributed by atoms with Gasteiger partial charge in [0.1, 0.15) is 12.0 Å². The molecule has 5 rings (SSSR count). The van der Waals surface area contributed by atoms with Gasteiger partial charge >= 0.3 is 18.4 Å². The van der Waals surface area contributed by atoms with E-state index in [1.165, 1.54) is 49.5 Å². The molecule has 212 valence electrons. The van der Waals surface area contributed by atoms with E-state index in [0.717, 1.165) is 9.58 Å². The van der Waals surface area contributed by atoms with Crippen LogP contribution >= 0.6 is 0 Å². The van der Waals surface area contributed by atoms with Gasteiger partial charge in [-0.05, 0) is 50.1 Å². The second-order valence-electron chi connectivity index (χ2n) is 9.28. The van der Waals surface area contributed by atoms with Crippen LogP contribution in [0.4, 0.5) is 27.6 Å². The van der Waals surface area contributed by atoms with Crippen LogP contribution in [0.5, 0.6) is 17.4 Å². The van der Waals surface area contributed by atoms with Gasteiger partial charge < -0.3 is 23.8 Å². The lowest BCUT2D eigenvalue weighted by Gasteiger charge is -2.18. The van der Waals surface area contributed by atoms with Gasteiger partial charge in [0.25, 0.3) is 5.91 Å². The highest BCUT2D eigenvalue weighted by molar-refractivity contribution is 6.06. The summed E-state index contributed by atoms with van der Waals surface area (Å²) in [6.45, 7) is 1.60. The zero-order valence-electron chi connectivity index (χ0n) is 21.1. The van der Waals surface area contributed by atoms with E-state index < -0.39 is 35.5 Å². The highest BCUT2D eigenvalue weighted by Crippen LogP contribution is 2.47. The number of anilines is 1. The van der Waals surface area contributed by atoms with E-state index in [-0.39, 0.29) is 47.5 Å². The fraction of sp³-hybridized carbons (Fsp3) is 0.346. The van der Waals surface area contributed by atoms with Crippen LogP contribution < -0.4 is 19.1 Å². The maximum absolute atomic E-state index is 13.5. The first-order valence-electron chi connectivity index (χ1n) is 12.1. The summed E-state index contributed by atoms with van der Waals surface area (Å²) in [6.07, 6.45) is -7.67. The molecule has 2 aromatic carbocycles. The topological polar surface area (TPSA) is 92.1 Å². The van der Waals surface area contributed by atoms with Gasteiger partial charge in [-0.1, -0.05) is 6.07 Å². The Bertz CT molecular complexity index is 1470. The number of halogens is 5. The van der Waals surface area contributed by atoms with Crippen molar-refractivity contribution < 1.29 is 50.5 Å². The molecule has 1 aliphatic heterocycles. The SMILES string of the molecule is CCOC(=O)C1(COc2cc(C(F)(F)F)nn2-c2cccc(C(=O)N(C)c3ccc4c(c3)OC(F)(F)O4)c2)CC1. The van der Waals surface area contributed by atoms with Gasteiger partial charge in [0, 0.05) is 30.4 Å². The minimum atomic E-state index is -4.79. The number of esters is 1. The number of benzene rings is 2. The Kier molecular flexibility index (Phi) is 6.59. The zero-order chi connectivity index (χ0) is 28.9. The highest BCUT2D eigenvalue weighted by Gasteiger charge is 2.52. The Hall–Kier alpha value is -4.36. The molecule has 1 aromatic heterocycles. The maximum atomic E-state index is 13.5. The predicted molar refractivity (Wildman–Crippen MR) is 128 cm³/mol. The minimum Gasteiger partial charge on any atom is -0.476 e. The molecule has 0 unspecified atom stereocenters. The van der Waals surface area contributed by atoms with Crippen molar-refractivity contribution in [2.45, 2.75) is 32.2 Å². The number of fused-ring (bicyclic) bond motifs is 1. The summed E-state index contributed by atoms with van der Waals surface area (Å²) in [7, 11) is 1.39. The van der Waals surface area contributed by atoms with Gasteiger partial charge in [-0.25, -0.2) is 4.68 Å². The van der Waals surface area contributed by atoms with Crippen LogP contribution in [0.15, 0.2) is 48.5 Å². The smallest absolute Gasteiger partial charge is 0.476 e. The molecule has 1 amide bonds. The number of nitrogens with zero attached hydrogens (tertiary/aromatic N) is 3. The van der Waals surface area contributed by atoms with Gasteiger partial charge in [0.15, 0.2) is 17.2 Å². The third-order valence-corrected chi connectivity index (χ3v) is 6.44. The van der Waals surface area contributed by atoms with Crippen molar-refractivity contribution in [2.75, 3.05) is 25.2 Å². The molecule has 0 bridgehead atoms. The van der Waals surface area contributed by atoms with Gasteiger partial charge in [0.2, 0.25) is 5.88 Å². The summed E-state index contributed by atoms with van der Waals surface area (Å²) < 4.78 is 87.7. The minimum absolute atomic E-state index is 0.0585. The van der Waals surface area contributed by atoms with E-state index >= 15 is 0 Å². The Morgan fingerprint density at radius 3 is 2.48 bits per heavy atom. The molecule has 1 saturated carbocycles. The molecule has 14 heteroatoms. The molecule has 0 atom stereocenters. The number of hydrogen-bond acceptors (Lipinski definition) is 7. The van der Waals surface area contributed by atoms with Gasteiger partial charge in [-0.3, -0.25) is 9.59 Å². The van der Waals surface area contributed by atoms with Crippen LogP contribution in [0, 0.1) is 5.41 Å². The molecule has 0 spiro atoms. The molecule has 40 heavy (non-hydrogen) atoms. The maximum Gasteiger partial charge on any atom is 0.586 e. The standard InChI is InChI=1S/C26H22F5N3O6/c1-3-37-23(36)24(9-10-24)14-38-21-13-20(25(27,28)29)32-34(21)17-6-4-5-15(11-17)22(35)33(2)16-7-8-18-19(12-16)40-26(30,31)39-18/h4-8,11-13H,3,9-10,14H2,1-2H3.